The number of aromatic nitrogens is 4. The second kappa shape index (κ2) is 7.05. The first-order valence-electron chi connectivity index (χ1n) is 8.55. The molecule has 0 amide bonds. The number of hydrogen-bond acceptors (Lipinski definition) is 3. The largest absolute Gasteiger partial charge is 0.344 e. The summed E-state index contributed by atoms with van der Waals surface area (Å²) < 4.78 is 2.18. The van der Waals surface area contributed by atoms with Crippen LogP contribution in [0.3, 0.4) is 0 Å². The van der Waals surface area contributed by atoms with Gasteiger partial charge in [0.2, 0.25) is 0 Å². The molecule has 2 aromatic heterocycles. The van der Waals surface area contributed by atoms with Gasteiger partial charge in [0.15, 0.2) is 5.15 Å². The minimum atomic E-state index is 0.463. The van der Waals surface area contributed by atoms with Gasteiger partial charge in [0.25, 0.3) is 0 Å². The highest BCUT2D eigenvalue weighted by atomic mass is 35.5. The SMILES string of the molecule is CCCCc1nc(Cl)c(CN2CC[C@H](n3nc(C)cc3C)C2)[nH]1. The van der Waals surface area contributed by atoms with E-state index in [-0.39, 0.29) is 0 Å². The molecule has 0 aliphatic carbocycles. The van der Waals surface area contributed by atoms with E-state index in [0.29, 0.717) is 11.2 Å². The van der Waals surface area contributed by atoms with Crippen molar-refractivity contribution >= 4 is 11.6 Å². The molecule has 3 heterocycles. The van der Waals surface area contributed by atoms with E-state index in [0.717, 1.165) is 56.1 Å². The van der Waals surface area contributed by atoms with Crippen molar-refractivity contribution in [1.82, 2.24) is 24.6 Å². The molecular formula is C17H26ClN5. The number of hydrogen-bond donors (Lipinski definition) is 1. The standard InChI is InChI=1S/C17H26ClN5/c1-4-5-6-16-19-15(17(18)20-16)11-22-8-7-14(10-22)23-13(3)9-12(2)21-23/h9,14H,4-8,10-11H2,1-3H3,(H,19,20)/t14-/m0/s1. The van der Waals surface area contributed by atoms with Gasteiger partial charge in [-0.3, -0.25) is 9.58 Å². The molecule has 3 rings (SSSR count). The molecule has 1 saturated heterocycles. The minimum Gasteiger partial charge on any atom is -0.344 e. The van der Waals surface area contributed by atoms with Gasteiger partial charge in [-0.05, 0) is 32.8 Å². The fourth-order valence-corrected chi connectivity index (χ4v) is 3.61. The van der Waals surface area contributed by atoms with Gasteiger partial charge < -0.3 is 4.98 Å². The number of aryl methyl sites for hydroxylation is 3. The van der Waals surface area contributed by atoms with E-state index in [2.05, 4.69) is 51.5 Å². The number of nitrogens with one attached hydrogen (secondary N) is 1. The van der Waals surface area contributed by atoms with E-state index in [4.69, 9.17) is 11.6 Å². The average Bonchev–Trinajstić information content (AvgIpc) is 3.18. The van der Waals surface area contributed by atoms with Crippen LogP contribution in [0.1, 0.15) is 55.1 Å². The van der Waals surface area contributed by atoms with Crippen LogP contribution in [0.4, 0.5) is 0 Å². The van der Waals surface area contributed by atoms with Gasteiger partial charge in [-0.15, -0.1) is 0 Å². The first-order valence-corrected chi connectivity index (χ1v) is 8.93. The van der Waals surface area contributed by atoms with Crippen LogP contribution >= 0.6 is 11.6 Å². The van der Waals surface area contributed by atoms with Crippen LogP contribution in [0, 0.1) is 13.8 Å². The van der Waals surface area contributed by atoms with Crippen molar-refractivity contribution in [2.24, 2.45) is 0 Å². The van der Waals surface area contributed by atoms with Crippen LogP contribution in [0.25, 0.3) is 0 Å². The van der Waals surface area contributed by atoms with E-state index >= 15 is 0 Å². The summed E-state index contributed by atoms with van der Waals surface area (Å²) in [7, 11) is 0. The Balaban J connectivity index is 1.62. The number of nitrogens with zero attached hydrogens (tertiary/aromatic N) is 4. The number of unbranched alkanes of at least 4 members (excludes halogenated alkanes) is 1. The lowest BCUT2D eigenvalue weighted by molar-refractivity contribution is 0.307. The molecule has 0 bridgehead atoms. The summed E-state index contributed by atoms with van der Waals surface area (Å²) in [6.45, 7) is 9.31. The molecule has 0 spiro atoms. The molecule has 6 heteroatoms. The van der Waals surface area contributed by atoms with Crippen LogP contribution in [0.2, 0.25) is 5.15 Å². The number of rotatable bonds is 6. The van der Waals surface area contributed by atoms with E-state index < -0.39 is 0 Å². The van der Waals surface area contributed by atoms with Crippen LogP contribution in [0.5, 0.6) is 0 Å². The van der Waals surface area contributed by atoms with Crippen molar-refractivity contribution in [3.63, 3.8) is 0 Å². The van der Waals surface area contributed by atoms with Gasteiger partial charge in [0, 0.05) is 31.7 Å². The number of halogens is 1. The van der Waals surface area contributed by atoms with Crippen LogP contribution in [-0.2, 0) is 13.0 Å². The Kier molecular flexibility index (Phi) is 5.07. The molecule has 1 fully saturated rings. The summed E-state index contributed by atoms with van der Waals surface area (Å²) >= 11 is 6.30. The maximum Gasteiger partial charge on any atom is 0.151 e. The molecule has 2 aromatic rings. The Bertz CT molecular complexity index is 660. The maximum absolute atomic E-state index is 6.30. The highest BCUT2D eigenvalue weighted by Gasteiger charge is 2.26. The van der Waals surface area contributed by atoms with Gasteiger partial charge in [-0.25, -0.2) is 4.98 Å². The molecule has 1 aliphatic rings. The maximum atomic E-state index is 6.30. The zero-order chi connectivity index (χ0) is 16.4. The Morgan fingerprint density at radius 1 is 1.39 bits per heavy atom. The lowest BCUT2D eigenvalue weighted by Crippen LogP contribution is -2.22. The first-order chi connectivity index (χ1) is 11.1. The molecule has 23 heavy (non-hydrogen) atoms. The smallest absolute Gasteiger partial charge is 0.151 e. The monoisotopic (exact) mass is 335 g/mol. The topological polar surface area (TPSA) is 49.7 Å². The van der Waals surface area contributed by atoms with Gasteiger partial charge in [0.1, 0.15) is 5.82 Å². The summed E-state index contributed by atoms with van der Waals surface area (Å²) in [5.41, 5.74) is 3.39. The van der Waals surface area contributed by atoms with Gasteiger partial charge in [-0.1, -0.05) is 24.9 Å². The third kappa shape index (κ3) is 3.78. The van der Waals surface area contributed by atoms with Crippen molar-refractivity contribution in [1.29, 1.82) is 0 Å². The van der Waals surface area contributed by atoms with E-state index in [1.165, 1.54) is 12.1 Å². The van der Waals surface area contributed by atoms with E-state index in [1.807, 2.05) is 0 Å². The number of H-pyrrole nitrogens is 1. The van der Waals surface area contributed by atoms with Crippen LogP contribution < -0.4 is 0 Å². The molecule has 1 atom stereocenters. The molecular weight excluding hydrogens is 310 g/mol. The van der Waals surface area contributed by atoms with E-state index in [9.17, 15) is 0 Å². The normalized spacial score (nSPS) is 18.9. The van der Waals surface area contributed by atoms with Crippen molar-refractivity contribution in [2.45, 2.75) is 59.0 Å². The van der Waals surface area contributed by atoms with E-state index in [1.54, 1.807) is 0 Å². The molecule has 5 nitrogen and oxygen atoms in total. The van der Waals surface area contributed by atoms with Crippen LogP contribution in [0.15, 0.2) is 6.07 Å². The molecule has 1 N–H and O–H groups in total. The van der Waals surface area contributed by atoms with Crippen molar-refractivity contribution in [2.75, 3.05) is 13.1 Å². The number of likely N-dealkylation sites (tertiary alicyclic amines) is 1. The van der Waals surface area contributed by atoms with Crippen molar-refractivity contribution in [3.8, 4) is 0 Å². The third-order valence-electron chi connectivity index (χ3n) is 4.56. The molecule has 0 unspecified atom stereocenters. The van der Waals surface area contributed by atoms with Crippen molar-refractivity contribution in [3.05, 3.63) is 34.1 Å². The first kappa shape index (κ1) is 16.5. The average molecular weight is 336 g/mol. The van der Waals surface area contributed by atoms with Crippen molar-refractivity contribution < 1.29 is 0 Å². The van der Waals surface area contributed by atoms with Gasteiger partial charge in [-0.2, -0.15) is 5.10 Å². The molecule has 126 valence electrons. The third-order valence-corrected chi connectivity index (χ3v) is 4.88. The zero-order valence-electron chi connectivity index (χ0n) is 14.3. The summed E-state index contributed by atoms with van der Waals surface area (Å²) in [4.78, 5) is 10.3. The second-order valence-electron chi connectivity index (χ2n) is 6.61. The molecule has 1 aliphatic heterocycles. The Hall–Kier alpha value is -1.33. The number of imidazole rings is 1. The number of aromatic amines is 1. The predicted octanol–water partition coefficient (Wildman–Crippen LogP) is 3.67. The lowest BCUT2D eigenvalue weighted by Gasteiger charge is -2.16. The van der Waals surface area contributed by atoms with Gasteiger partial charge >= 0.3 is 0 Å². The Labute approximate surface area is 143 Å². The fourth-order valence-electron chi connectivity index (χ4n) is 3.40. The molecule has 0 aromatic carbocycles. The second-order valence-corrected chi connectivity index (χ2v) is 6.96. The Morgan fingerprint density at radius 3 is 2.91 bits per heavy atom. The summed E-state index contributed by atoms with van der Waals surface area (Å²) in [5, 5.41) is 5.26. The van der Waals surface area contributed by atoms with Crippen LogP contribution in [-0.4, -0.2) is 37.7 Å². The lowest BCUT2D eigenvalue weighted by atomic mass is 10.2. The zero-order valence-corrected chi connectivity index (χ0v) is 15.0. The summed E-state index contributed by atoms with van der Waals surface area (Å²) in [6.07, 6.45) is 4.43. The fraction of sp³-hybridized carbons (Fsp3) is 0.647. The highest BCUT2D eigenvalue weighted by Crippen LogP contribution is 2.25. The molecule has 0 radical (unpaired) electrons. The quantitative estimate of drug-likeness (QED) is 0.876. The highest BCUT2D eigenvalue weighted by molar-refractivity contribution is 6.30. The van der Waals surface area contributed by atoms with Gasteiger partial charge in [0.05, 0.1) is 17.4 Å². The predicted molar refractivity (Wildman–Crippen MR) is 92.8 cm³/mol. The molecule has 0 saturated carbocycles. The minimum absolute atomic E-state index is 0.463. The summed E-state index contributed by atoms with van der Waals surface area (Å²) in [6, 6.07) is 2.61. The summed E-state index contributed by atoms with van der Waals surface area (Å²) in [5.74, 6) is 1.01. The Morgan fingerprint density at radius 2 is 2.22 bits per heavy atom.